The van der Waals surface area contributed by atoms with Crippen molar-refractivity contribution in [1.29, 1.82) is 0 Å². The van der Waals surface area contributed by atoms with Crippen molar-refractivity contribution >= 4 is 59.1 Å². The number of nitrogens with zero attached hydrogens (tertiary/aromatic N) is 1. The SMILES string of the molecule is CCNC(=O)[C@H](C)NC(=O)[C@H](CCCCN)NC(=O)[C@H](CC(C)C)NC(=O)[C@H](C)NC(=O)[C@H](C)NC(=O)[C@H](CC(N)=O)NC(=O)[C@H](C)NC(=O)CN[C@@H](Cc1cnc[nH]1)C(=O)O. The number of nitrogens with two attached hydrogens (primary N) is 2. The average Bonchev–Trinajstić information content (AvgIpc) is 3.71. The van der Waals surface area contributed by atoms with E-state index in [1.807, 2.05) is 13.8 Å². The third kappa shape index (κ3) is 20.4. The highest BCUT2D eigenvalue weighted by molar-refractivity contribution is 5.98. The van der Waals surface area contributed by atoms with Crippen LogP contribution in [0.1, 0.15) is 86.3 Å². The molecule has 24 heteroatoms. The number of aromatic nitrogens is 2. The Balaban J connectivity index is 2.90. The number of carboxylic acids is 1. The first-order valence-corrected chi connectivity index (χ1v) is 20.4. The molecule has 0 spiro atoms. The quantitative estimate of drug-likeness (QED) is 0.0339. The van der Waals surface area contributed by atoms with Gasteiger partial charge in [0.2, 0.25) is 53.2 Å². The van der Waals surface area contributed by atoms with Gasteiger partial charge in [0, 0.05) is 24.9 Å². The van der Waals surface area contributed by atoms with E-state index in [-0.39, 0.29) is 25.2 Å². The van der Waals surface area contributed by atoms with E-state index in [1.165, 1.54) is 40.2 Å². The fourth-order valence-corrected chi connectivity index (χ4v) is 5.67. The van der Waals surface area contributed by atoms with Gasteiger partial charge < -0.3 is 64.1 Å². The second-order valence-corrected chi connectivity index (χ2v) is 15.2. The number of rotatable bonds is 29. The summed E-state index contributed by atoms with van der Waals surface area (Å²) in [5.41, 5.74) is 11.4. The molecule has 1 heterocycles. The molecule has 0 bridgehead atoms. The molecule has 1 aromatic heterocycles. The van der Waals surface area contributed by atoms with Crippen LogP contribution in [-0.2, 0) is 54.4 Å². The third-order valence-electron chi connectivity index (χ3n) is 9.12. The highest BCUT2D eigenvalue weighted by Gasteiger charge is 2.32. The fourth-order valence-electron chi connectivity index (χ4n) is 5.67. The molecule has 0 aliphatic heterocycles. The largest absolute Gasteiger partial charge is 0.480 e. The summed E-state index contributed by atoms with van der Waals surface area (Å²) in [6.45, 7) is 11.0. The van der Waals surface area contributed by atoms with Gasteiger partial charge in [-0.25, -0.2) is 4.98 Å². The topological polar surface area (TPSA) is 380 Å². The monoisotopic (exact) mass is 879 g/mol. The van der Waals surface area contributed by atoms with Crippen molar-refractivity contribution in [2.24, 2.45) is 17.4 Å². The Labute approximate surface area is 360 Å². The normalized spacial score (nSPS) is 14.9. The number of amides is 9. The number of aliphatic carboxylic acids is 1. The number of hydrogen-bond donors (Lipinski definition) is 13. The lowest BCUT2D eigenvalue weighted by atomic mass is 10.0. The van der Waals surface area contributed by atoms with Crippen LogP contribution in [0.4, 0.5) is 0 Å². The number of carbonyl (C=O) groups excluding carboxylic acids is 9. The Morgan fingerprint density at radius 3 is 1.68 bits per heavy atom. The predicted molar refractivity (Wildman–Crippen MR) is 223 cm³/mol. The first-order valence-electron chi connectivity index (χ1n) is 20.4. The highest BCUT2D eigenvalue weighted by Crippen LogP contribution is 2.09. The van der Waals surface area contributed by atoms with E-state index in [9.17, 15) is 53.1 Å². The molecule has 348 valence electrons. The number of aromatic amines is 1. The van der Waals surface area contributed by atoms with Crippen LogP contribution in [0.3, 0.4) is 0 Å². The molecule has 0 saturated heterocycles. The number of unbranched alkanes of at least 4 members (excludes halogenated alkanes) is 1. The first-order chi connectivity index (χ1) is 29.1. The zero-order chi connectivity index (χ0) is 47.1. The van der Waals surface area contributed by atoms with Gasteiger partial charge in [0.1, 0.15) is 48.3 Å². The number of primary amides is 1. The van der Waals surface area contributed by atoms with Gasteiger partial charge in [-0.2, -0.15) is 0 Å². The van der Waals surface area contributed by atoms with E-state index in [0.717, 1.165) is 0 Å². The smallest absolute Gasteiger partial charge is 0.321 e. The summed E-state index contributed by atoms with van der Waals surface area (Å²) in [5.74, 6) is -8.29. The molecule has 0 fully saturated rings. The van der Waals surface area contributed by atoms with Crippen LogP contribution in [0.5, 0.6) is 0 Å². The van der Waals surface area contributed by atoms with Crippen LogP contribution in [-0.4, -0.2) is 142 Å². The lowest BCUT2D eigenvalue weighted by Crippen LogP contribution is -2.59. The zero-order valence-electron chi connectivity index (χ0n) is 36.3. The van der Waals surface area contributed by atoms with Gasteiger partial charge in [-0.1, -0.05) is 13.8 Å². The van der Waals surface area contributed by atoms with Crippen LogP contribution < -0.4 is 59.3 Å². The summed E-state index contributed by atoms with van der Waals surface area (Å²) in [6, 6.07) is -9.68. The summed E-state index contributed by atoms with van der Waals surface area (Å²) in [4.78, 5) is 134. The maximum absolute atomic E-state index is 13.5. The van der Waals surface area contributed by atoms with Crippen LogP contribution in [0.2, 0.25) is 0 Å². The molecule has 0 saturated carbocycles. The first kappa shape index (κ1) is 53.8. The Hall–Kier alpha value is -6.17. The molecule has 1 aromatic rings. The van der Waals surface area contributed by atoms with Gasteiger partial charge in [0.05, 0.1) is 19.3 Å². The molecule has 62 heavy (non-hydrogen) atoms. The summed E-state index contributed by atoms with van der Waals surface area (Å²) < 4.78 is 0. The average molecular weight is 880 g/mol. The summed E-state index contributed by atoms with van der Waals surface area (Å²) in [5, 5.41) is 31.9. The third-order valence-corrected chi connectivity index (χ3v) is 9.12. The maximum atomic E-state index is 13.5. The number of likely N-dealkylation sites (N-methyl/N-ethyl adjacent to an activating group) is 1. The molecule has 0 aromatic carbocycles. The number of imidazole rings is 1. The van der Waals surface area contributed by atoms with Crippen LogP contribution in [0.25, 0.3) is 0 Å². The Morgan fingerprint density at radius 1 is 0.661 bits per heavy atom. The molecule has 9 amide bonds. The molecular formula is C38H65N13O11. The molecule has 24 nitrogen and oxygen atoms in total. The van der Waals surface area contributed by atoms with Gasteiger partial charge in [0.25, 0.3) is 0 Å². The van der Waals surface area contributed by atoms with Crippen molar-refractivity contribution in [3.8, 4) is 0 Å². The van der Waals surface area contributed by atoms with Crippen molar-refractivity contribution in [2.75, 3.05) is 19.6 Å². The number of H-pyrrole nitrogens is 1. The Bertz CT molecular complexity index is 1690. The second kappa shape index (κ2) is 27.6. The standard InChI is InChI=1S/C38H65N13O11/c1-8-42-31(54)20(4)47-35(58)25(11-9-10-12-39)49-37(60)26(13-19(2)3)50-34(57)23(7)46-32(55)22(6)48-36(59)27(15-29(40)52)51-33(56)21(5)45-30(53)17-43-28(38(61)62)14-24-16-41-18-44-24/h16,18-23,25-28,43H,8-15,17,39H2,1-7H3,(H2,40,52)(H,41,44)(H,42,54)(H,45,53)(H,46,55)(H,47,58)(H,48,59)(H,49,60)(H,50,57)(H,51,56)(H,61,62)/t20-,21-,22-,23-,25-,26-,27-,28-/m0/s1. The van der Waals surface area contributed by atoms with Gasteiger partial charge in [0.15, 0.2) is 0 Å². The van der Waals surface area contributed by atoms with Crippen molar-refractivity contribution < 1.29 is 53.1 Å². The lowest BCUT2D eigenvalue weighted by Gasteiger charge is -2.26. The van der Waals surface area contributed by atoms with E-state index >= 15 is 0 Å². The van der Waals surface area contributed by atoms with Crippen molar-refractivity contribution in [2.45, 2.75) is 135 Å². The molecule has 0 aliphatic rings. The molecule has 0 aliphatic carbocycles. The summed E-state index contributed by atoms with van der Waals surface area (Å²) in [7, 11) is 0. The minimum Gasteiger partial charge on any atom is -0.480 e. The predicted octanol–water partition coefficient (Wildman–Crippen LogP) is -4.35. The van der Waals surface area contributed by atoms with E-state index in [2.05, 4.69) is 57.8 Å². The fraction of sp³-hybridized carbons (Fsp3) is 0.658. The number of carbonyl (C=O) groups is 10. The Morgan fingerprint density at radius 2 is 1.16 bits per heavy atom. The number of hydrogen-bond acceptors (Lipinski definition) is 13. The van der Waals surface area contributed by atoms with Crippen molar-refractivity contribution in [3.63, 3.8) is 0 Å². The van der Waals surface area contributed by atoms with Crippen molar-refractivity contribution in [1.82, 2.24) is 57.8 Å². The van der Waals surface area contributed by atoms with E-state index < -0.39 is 120 Å². The molecule has 1 rings (SSSR count). The van der Waals surface area contributed by atoms with Gasteiger partial charge in [-0.05, 0) is 72.8 Å². The molecule has 0 radical (unpaired) electrons. The number of carboxylic acid groups (broad SMARTS) is 1. The van der Waals surface area contributed by atoms with Gasteiger partial charge in [-0.3, -0.25) is 53.3 Å². The number of nitrogens with one attached hydrogen (secondary N) is 10. The van der Waals surface area contributed by atoms with Crippen LogP contribution in [0, 0.1) is 5.92 Å². The second-order valence-electron chi connectivity index (χ2n) is 15.2. The molecular weight excluding hydrogens is 814 g/mol. The van der Waals surface area contributed by atoms with Gasteiger partial charge >= 0.3 is 5.97 Å². The van der Waals surface area contributed by atoms with E-state index in [1.54, 1.807) is 6.92 Å². The molecule has 15 N–H and O–H groups in total. The van der Waals surface area contributed by atoms with Crippen LogP contribution >= 0.6 is 0 Å². The minimum absolute atomic E-state index is 0.00844. The van der Waals surface area contributed by atoms with E-state index in [4.69, 9.17) is 11.5 Å². The van der Waals surface area contributed by atoms with Crippen LogP contribution in [0.15, 0.2) is 12.5 Å². The van der Waals surface area contributed by atoms with Gasteiger partial charge in [-0.15, -0.1) is 0 Å². The molecule has 8 atom stereocenters. The van der Waals surface area contributed by atoms with E-state index in [0.29, 0.717) is 31.6 Å². The zero-order valence-corrected chi connectivity index (χ0v) is 36.3. The minimum atomic E-state index is -1.59. The summed E-state index contributed by atoms with van der Waals surface area (Å²) >= 11 is 0. The summed E-state index contributed by atoms with van der Waals surface area (Å²) in [6.07, 6.45) is 3.51. The lowest BCUT2D eigenvalue weighted by molar-refractivity contribution is -0.140. The Kier molecular flexibility index (Phi) is 24.0. The van der Waals surface area contributed by atoms with Crippen molar-refractivity contribution in [3.05, 3.63) is 18.2 Å². The molecule has 0 unspecified atom stereocenters. The maximum Gasteiger partial charge on any atom is 0.321 e. The highest BCUT2D eigenvalue weighted by atomic mass is 16.4.